The fraction of sp³-hybridized carbons (Fsp3) is 0.304. The number of ether oxygens (including phenoxy) is 1. The number of likely N-dealkylation sites (tertiary alicyclic amines) is 1. The van der Waals surface area contributed by atoms with Crippen molar-refractivity contribution < 1.29 is 23.9 Å². The lowest BCUT2D eigenvalue weighted by Gasteiger charge is -2.34. The van der Waals surface area contributed by atoms with Crippen molar-refractivity contribution in [2.45, 2.75) is 24.9 Å². The second-order valence-corrected chi connectivity index (χ2v) is 8.00. The van der Waals surface area contributed by atoms with Crippen molar-refractivity contribution in [1.29, 1.82) is 0 Å². The van der Waals surface area contributed by atoms with Crippen LogP contribution < -0.4 is 4.74 Å². The summed E-state index contributed by atoms with van der Waals surface area (Å²) < 4.78 is 6.15. The molecule has 152 valence electrons. The summed E-state index contributed by atoms with van der Waals surface area (Å²) in [6.07, 6.45) is 0.865. The molecule has 2 aromatic carbocycles. The van der Waals surface area contributed by atoms with Crippen LogP contribution in [0.3, 0.4) is 0 Å². The molecule has 3 amide bonds. The number of benzene rings is 2. The highest BCUT2D eigenvalue weighted by Gasteiger charge is 2.47. The summed E-state index contributed by atoms with van der Waals surface area (Å²) in [5, 5.41) is 0. The summed E-state index contributed by atoms with van der Waals surface area (Å²) >= 11 is 0. The lowest BCUT2D eigenvalue weighted by molar-refractivity contribution is -0.131. The van der Waals surface area contributed by atoms with Crippen LogP contribution in [0.2, 0.25) is 0 Å². The molecule has 0 aliphatic carbocycles. The maximum Gasteiger partial charge on any atom is 0.261 e. The molecule has 3 aliphatic heterocycles. The fourth-order valence-electron chi connectivity index (χ4n) is 4.54. The average Bonchev–Trinajstić information content (AvgIpc) is 3.26. The molecule has 1 saturated heterocycles. The van der Waals surface area contributed by atoms with Crippen molar-refractivity contribution in [2.75, 3.05) is 19.6 Å². The van der Waals surface area contributed by atoms with Crippen LogP contribution in [-0.4, -0.2) is 58.5 Å². The number of hydrogen-bond donors (Lipinski definition) is 0. The normalized spacial score (nSPS) is 22.3. The van der Waals surface area contributed by atoms with Gasteiger partial charge < -0.3 is 9.64 Å². The Morgan fingerprint density at radius 1 is 0.933 bits per heavy atom. The number of Topliss-reactive ketones (excluding diaryl/α,β-unsaturated/α-hetero) is 1. The van der Waals surface area contributed by atoms with Crippen molar-refractivity contribution in [3.05, 3.63) is 65.2 Å². The molecular formula is C23H20N2O5. The minimum Gasteiger partial charge on any atom is -0.484 e. The third kappa shape index (κ3) is 2.89. The number of hydrogen-bond acceptors (Lipinski definition) is 5. The number of nitrogens with zero attached hydrogens (tertiary/aromatic N) is 2. The Kier molecular flexibility index (Phi) is 4.20. The minimum absolute atomic E-state index is 0.0252. The number of rotatable bonds is 3. The molecule has 1 unspecified atom stereocenters. The van der Waals surface area contributed by atoms with Gasteiger partial charge in [-0.15, -0.1) is 0 Å². The van der Waals surface area contributed by atoms with Gasteiger partial charge in [0.15, 0.2) is 5.78 Å². The van der Waals surface area contributed by atoms with Gasteiger partial charge in [0.05, 0.1) is 29.7 Å². The molecule has 1 atom stereocenters. The first-order valence-corrected chi connectivity index (χ1v) is 10.0. The van der Waals surface area contributed by atoms with Gasteiger partial charge in [-0.2, -0.15) is 0 Å². The van der Waals surface area contributed by atoms with Crippen molar-refractivity contribution in [2.24, 2.45) is 0 Å². The van der Waals surface area contributed by atoms with E-state index in [2.05, 4.69) is 0 Å². The first-order chi connectivity index (χ1) is 14.5. The van der Waals surface area contributed by atoms with Crippen molar-refractivity contribution in [3.63, 3.8) is 0 Å². The highest BCUT2D eigenvalue weighted by atomic mass is 16.5. The summed E-state index contributed by atoms with van der Waals surface area (Å²) in [5.74, 6) is -0.289. The van der Waals surface area contributed by atoms with Gasteiger partial charge in [0.1, 0.15) is 11.4 Å². The predicted octanol–water partition coefficient (Wildman–Crippen LogP) is 2.31. The Balaban J connectivity index is 1.23. The number of amides is 3. The lowest BCUT2D eigenvalue weighted by Crippen LogP contribution is -2.45. The Hall–Kier alpha value is -3.48. The topological polar surface area (TPSA) is 84.0 Å². The van der Waals surface area contributed by atoms with Crippen LogP contribution in [0.5, 0.6) is 5.75 Å². The Morgan fingerprint density at radius 2 is 1.57 bits per heavy atom. The molecule has 3 heterocycles. The van der Waals surface area contributed by atoms with Crippen LogP contribution in [0.4, 0.5) is 0 Å². The molecule has 0 aromatic heterocycles. The quantitative estimate of drug-likeness (QED) is 0.733. The Morgan fingerprint density at radius 3 is 2.27 bits per heavy atom. The van der Waals surface area contributed by atoms with Gasteiger partial charge in [-0.1, -0.05) is 24.3 Å². The molecule has 5 rings (SSSR count). The number of imide groups is 1. The first-order valence-electron chi connectivity index (χ1n) is 10.0. The van der Waals surface area contributed by atoms with Crippen LogP contribution >= 0.6 is 0 Å². The average molecular weight is 404 g/mol. The molecule has 3 aliphatic rings. The molecule has 2 aromatic rings. The number of ketones is 1. The largest absolute Gasteiger partial charge is 0.484 e. The zero-order chi connectivity index (χ0) is 20.9. The van der Waals surface area contributed by atoms with E-state index >= 15 is 0 Å². The van der Waals surface area contributed by atoms with Crippen LogP contribution in [0.1, 0.15) is 50.3 Å². The third-order valence-electron chi connectivity index (χ3n) is 6.09. The molecule has 1 fully saturated rings. The van der Waals surface area contributed by atoms with Gasteiger partial charge in [-0.05, 0) is 24.3 Å². The molecule has 0 saturated carbocycles. The van der Waals surface area contributed by atoms with Crippen LogP contribution in [-0.2, 0) is 4.79 Å². The third-order valence-corrected chi connectivity index (χ3v) is 6.09. The monoisotopic (exact) mass is 404 g/mol. The summed E-state index contributed by atoms with van der Waals surface area (Å²) in [5.41, 5.74) is 0.639. The van der Waals surface area contributed by atoms with E-state index < -0.39 is 5.60 Å². The zero-order valence-corrected chi connectivity index (χ0v) is 16.3. The van der Waals surface area contributed by atoms with Gasteiger partial charge in [-0.3, -0.25) is 24.1 Å². The summed E-state index contributed by atoms with van der Waals surface area (Å²) in [6, 6.07) is 13.8. The van der Waals surface area contributed by atoms with Crippen molar-refractivity contribution in [1.82, 2.24) is 9.80 Å². The highest BCUT2D eigenvalue weighted by molar-refractivity contribution is 6.21. The lowest BCUT2D eigenvalue weighted by atomic mass is 9.89. The maximum atomic E-state index is 12.8. The van der Waals surface area contributed by atoms with E-state index in [4.69, 9.17) is 4.74 Å². The summed E-state index contributed by atoms with van der Waals surface area (Å²) in [6.45, 7) is 0.849. The zero-order valence-electron chi connectivity index (χ0n) is 16.3. The van der Waals surface area contributed by atoms with Gasteiger partial charge in [0.25, 0.3) is 11.8 Å². The highest BCUT2D eigenvalue weighted by Crippen LogP contribution is 2.38. The number of fused-ring (bicyclic) bond motifs is 2. The van der Waals surface area contributed by atoms with Gasteiger partial charge in [0.2, 0.25) is 5.91 Å². The molecule has 30 heavy (non-hydrogen) atoms. The van der Waals surface area contributed by atoms with E-state index in [9.17, 15) is 19.2 Å². The van der Waals surface area contributed by atoms with Gasteiger partial charge in [0, 0.05) is 25.9 Å². The Bertz CT molecular complexity index is 1060. The van der Waals surface area contributed by atoms with E-state index in [1.165, 1.54) is 0 Å². The molecule has 1 spiro atoms. The van der Waals surface area contributed by atoms with E-state index in [1.54, 1.807) is 41.3 Å². The van der Waals surface area contributed by atoms with Crippen LogP contribution in [0, 0.1) is 0 Å². The number of carbonyl (C=O) groups excluding carboxylic acids is 4. The van der Waals surface area contributed by atoms with Gasteiger partial charge >= 0.3 is 0 Å². The molecule has 7 nitrogen and oxygen atoms in total. The SMILES string of the molecule is O=C1CC2(CCN(C(=O)CCN3C(=O)c4ccccc4C3=O)C2)Oc2ccccc21. The number of para-hydroxylation sites is 1. The summed E-state index contributed by atoms with van der Waals surface area (Å²) in [7, 11) is 0. The molecule has 0 N–H and O–H groups in total. The molecule has 7 heteroatoms. The molecule has 0 bridgehead atoms. The Labute approximate surface area is 173 Å². The number of carbonyl (C=O) groups is 4. The summed E-state index contributed by atoms with van der Waals surface area (Å²) in [4.78, 5) is 53.0. The minimum atomic E-state index is -0.698. The van der Waals surface area contributed by atoms with Crippen LogP contribution in [0.15, 0.2) is 48.5 Å². The van der Waals surface area contributed by atoms with E-state index in [-0.39, 0.29) is 42.9 Å². The maximum absolute atomic E-state index is 12.8. The van der Waals surface area contributed by atoms with E-state index in [0.29, 0.717) is 42.0 Å². The van der Waals surface area contributed by atoms with Crippen molar-refractivity contribution >= 4 is 23.5 Å². The van der Waals surface area contributed by atoms with E-state index in [1.807, 2.05) is 12.1 Å². The second-order valence-electron chi connectivity index (χ2n) is 8.00. The fourth-order valence-corrected chi connectivity index (χ4v) is 4.54. The van der Waals surface area contributed by atoms with Crippen molar-refractivity contribution in [3.8, 4) is 5.75 Å². The van der Waals surface area contributed by atoms with E-state index in [0.717, 1.165) is 4.90 Å². The van der Waals surface area contributed by atoms with Crippen LogP contribution in [0.25, 0.3) is 0 Å². The smallest absolute Gasteiger partial charge is 0.261 e. The molecular weight excluding hydrogens is 384 g/mol. The first kappa shape index (κ1) is 18.5. The van der Waals surface area contributed by atoms with Gasteiger partial charge in [-0.25, -0.2) is 0 Å². The molecule has 0 radical (unpaired) electrons. The standard InChI is InChI=1S/C23H20N2O5/c26-18-13-23(30-19-8-4-3-7-17(18)19)10-12-24(14-23)20(27)9-11-25-21(28)15-5-1-2-6-16(15)22(25)29/h1-8H,9-14H2. The predicted molar refractivity (Wildman–Crippen MR) is 106 cm³/mol. The second kappa shape index (κ2) is 6.79.